The molecule has 4 heteroatoms. The standard InChI is InChI=1S/C17H22N2O2/c20-11-14-10-13-6-2-3-7-15(13)19-16(14)18-12-17(21)8-4-1-5-9-17/h2-3,6-7,10,20-21H,1,4-5,8-9,11-12H2,(H,18,19). The van der Waals surface area contributed by atoms with Gasteiger partial charge in [0, 0.05) is 17.5 Å². The van der Waals surface area contributed by atoms with Gasteiger partial charge in [-0.2, -0.15) is 0 Å². The van der Waals surface area contributed by atoms with E-state index < -0.39 is 5.60 Å². The van der Waals surface area contributed by atoms with Crippen molar-refractivity contribution in [3.8, 4) is 0 Å². The summed E-state index contributed by atoms with van der Waals surface area (Å²) >= 11 is 0. The van der Waals surface area contributed by atoms with Crippen molar-refractivity contribution in [1.29, 1.82) is 0 Å². The Kier molecular flexibility index (Phi) is 4.08. The number of para-hydroxylation sites is 1. The molecule has 112 valence electrons. The van der Waals surface area contributed by atoms with Crippen LogP contribution in [-0.2, 0) is 6.61 Å². The second kappa shape index (κ2) is 6.00. The summed E-state index contributed by atoms with van der Waals surface area (Å²) in [6.45, 7) is 0.434. The van der Waals surface area contributed by atoms with Crippen LogP contribution in [0.4, 0.5) is 5.82 Å². The van der Waals surface area contributed by atoms with Gasteiger partial charge in [-0.1, -0.05) is 37.5 Å². The van der Waals surface area contributed by atoms with Crippen LogP contribution in [0.15, 0.2) is 30.3 Å². The smallest absolute Gasteiger partial charge is 0.132 e. The van der Waals surface area contributed by atoms with E-state index in [0.717, 1.165) is 42.1 Å². The number of nitrogens with one attached hydrogen (secondary N) is 1. The monoisotopic (exact) mass is 286 g/mol. The fourth-order valence-electron chi connectivity index (χ4n) is 3.07. The summed E-state index contributed by atoms with van der Waals surface area (Å²) in [5.41, 5.74) is 1.03. The minimum absolute atomic E-state index is 0.0569. The molecule has 1 fully saturated rings. The summed E-state index contributed by atoms with van der Waals surface area (Å²) in [5, 5.41) is 24.4. The molecule has 0 atom stereocenters. The van der Waals surface area contributed by atoms with Crippen LogP contribution < -0.4 is 5.32 Å². The van der Waals surface area contributed by atoms with E-state index in [1.807, 2.05) is 30.3 Å². The van der Waals surface area contributed by atoms with Gasteiger partial charge in [0.15, 0.2) is 0 Å². The molecule has 0 bridgehead atoms. The molecular formula is C17H22N2O2. The SMILES string of the molecule is OCc1cc2ccccc2nc1NCC1(O)CCCCC1. The van der Waals surface area contributed by atoms with Gasteiger partial charge in [-0.25, -0.2) is 4.98 Å². The molecule has 0 spiro atoms. The minimum atomic E-state index is -0.641. The van der Waals surface area contributed by atoms with Crippen LogP contribution in [-0.4, -0.2) is 27.3 Å². The zero-order chi connectivity index (χ0) is 14.7. The van der Waals surface area contributed by atoms with Gasteiger partial charge in [0.1, 0.15) is 5.82 Å². The van der Waals surface area contributed by atoms with E-state index in [9.17, 15) is 10.2 Å². The van der Waals surface area contributed by atoms with Gasteiger partial charge in [0.05, 0.1) is 17.7 Å². The maximum absolute atomic E-state index is 10.6. The number of aromatic nitrogens is 1. The number of hydrogen-bond acceptors (Lipinski definition) is 4. The Hall–Kier alpha value is -1.65. The number of nitrogens with zero attached hydrogens (tertiary/aromatic N) is 1. The number of pyridine rings is 1. The van der Waals surface area contributed by atoms with Crippen LogP contribution in [0, 0.1) is 0 Å². The lowest BCUT2D eigenvalue weighted by Crippen LogP contribution is -2.39. The van der Waals surface area contributed by atoms with Gasteiger partial charge >= 0.3 is 0 Å². The Balaban J connectivity index is 1.82. The van der Waals surface area contributed by atoms with E-state index in [0.29, 0.717) is 12.4 Å². The zero-order valence-corrected chi connectivity index (χ0v) is 12.2. The second-order valence-corrected chi connectivity index (χ2v) is 5.99. The number of benzene rings is 1. The Morgan fingerprint density at radius 1 is 1.14 bits per heavy atom. The van der Waals surface area contributed by atoms with Gasteiger partial charge in [0.2, 0.25) is 0 Å². The molecule has 1 aromatic heterocycles. The molecule has 3 rings (SSSR count). The lowest BCUT2D eigenvalue weighted by Gasteiger charge is -2.32. The van der Waals surface area contributed by atoms with E-state index in [1.54, 1.807) is 0 Å². The molecule has 2 aromatic rings. The van der Waals surface area contributed by atoms with Crippen LogP contribution in [0.1, 0.15) is 37.7 Å². The third-order valence-electron chi connectivity index (χ3n) is 4.34. The molecule has 0 radical (unpaired) electrons. The van der Waals surface area contributed by atoms with E-state index in [4.69, 9.17) is 0 Å². The molecular weight excluding hydrogens is 264 g/mol. The van der Waals surface area contributed by atoms with Crippen LogP contribution in [0.25, 0.3) is 10.9 Å². The molecule has 21 heavy (non-hydrogen) atoms. The fourth-order valence-corrected chi connectivity index (χ4v) is 3.07. The molecule has 1 aliphatic rings. The highest BCUT2D eigenvalue weighted by atomic mass is 16.3. The molecule has 4 nitrogen and oxygen atoms in total. The quantitative estimate of drug-likeness (QED) is 0.808. The molecule has 0 saturated heterocycles. The van der Waals surface area contributed by atoms with Crippen molar-refractivity contribution >= 4 is 16.7 Å². The van der Waals surface area contributed by atoms with Crippen LogP contribution >= 0.6 is 0 Å². The summed E-state index contributed by atoms with van der Waals surface area (Å²) < 4.78 is 0. The number of rotatable bonds is 4. The van der Waals surface area contributed by atoms with E-state index in [1.165, 1.54) is 6.42 Å². The predicted octanol–water partition coefficient (Wildman–Crippen LogP) is 2.83. The van der Waals surface area contributed by atoms with Gasteiger partial charge in [-0.3, -0.25) is 0 Å². The van der Waals surface area contributed by atoms with E-state index >= 15 is 0 Å². The van der Waals surface area contributed by atoms with E-state index in [2.05, 4.69) is 10.3 Å². The van der Waals surface area contributed by atoms with Gasteiger partial charge in [0.25, 0.3) is 0 Å². The summed E-state index contributed by atoms with van der Waals surface area (Å²) in [5.74, 6) is 0.676. The maximum atomic E-state index is 10.6. The Morgan fingerprint density at radius 3 is 2.67 bits per heavy atom. The average Bonchev–Trinajstić information content (AvgIpc) is 2.53. The number of aliphatic hydroxyl groups is 2. The molecule has 1 heterocycles. The first-order valence-corrected chi connectivity index (χ1v) is 7.66. The number of hydrogen-bond donors (Lipinski definition) is 3. The molecule has 0 aliphatic heterocycles. The van der Waals surface area contributed by atoms with Crippen molar-refractivity contribution in [3.05, 3.63) is 35.9 Å². The Bertz CT molecular complexity index is 621. The number of aliphatic hydroxyl groups excluding tert-OH is 1. The first kappa shape index (κ1) is 14.3. The van der Waals surface area contributed by atoms with E-state index in [-0.39, 0.29) is 6.61 Å². The largest absolute Gasteiger partial charge is 0.392 e. The minimum Gasteiger partial charge on any atom is -0.392 e. The summed E-state index contributed by atoms with van der Waals surface area (Å²) in [6.07, 6.45) is 5.04. The number of fused-ring (bicyclic) bond motifs is 1. The highest BCUT2D eigenvalue weighted by molar-refractivity contribution is 5.81. The van der Waals surface area contributed by atoms with Gasteiger partial charge in [-0.15, -0.1) is 0 Å². The fraction of sp³-hybridized carbons (Fsp3) is 0.471. The van der Waals surface area contributed by atoms with Crippen molar-refractivity contribution in [2.24, 2.45) is 0 Å². The van der Waals surface area contributed by atoms with Crippen molar-refractivity contribution < 1.29 is 10.2 Å². The Labute approximate surface area is 124 Å². The highest BCUT2D eigenvalue weighted by Crippen LogP contribution is 2.29. The van der Waals surface area contributed by atoms with Crippen molar-refractivity contribution in [2.75, 3.05) is 11.9 Å². The third-order valence-corrected chi connectivity index (χ3v) is 4.34. The third kappa shape index (κ3) is 3.17. The van der Waals surface area contributed by atoms with Crippen molar-refractivity contribution in [2.45, 2.75) is 44.3 Å². The van der Waals surface area contributed by atoms with Gasteiger partial charge in [-0.05, 0) is 25.0 Å². The molecule has 0 unspecified atom stereocenters. The molecule has 1 aromatic carbocycles. The zero-order valence-electron chi connectivity index (χ0n) is 12.2. The first-order chi connectivity index (χ1) is 10.2. The van der Waals surface area contributed by atoms with Gasteiger partial charge < -0.3 is 15.5 Å². The topological polar surface area (TPSA) is 65.4 Å². The molecule has 1 aliphatic carbocycles. The lowest BCUT2D eigenvalue weighted by molar-refractivity contribution is 0.0166. The van der Waals surface area contributed by atoms with Crippen LogP contribution in [0.5, 0.6) is 0 Å². The molecule has 3 N–H and O–H groups in total. The summed E-state index contributed by atoms with van der Waals surface area (Å²) in [4.78, 5) is 4.58. The molecule has 1 saturated carbocycles. The molecule has 0 amide bonds. The van der Waals surface area contributed by atoms with Crippen molar-refractivity contribution in [3.63, 3.8) is 0 Å². The van der Waals surface area contributed by atoms with Crippen molar-refractivity contribution in [1.82, 2.24) is 4.98 Å². The second-order valence-electron chi connectivity index (χ2n) is 5.99. The normalized spacial score (nSPS) is 17.8. The highest BCUT2D eigenvalue weighted by Gasteiger charge is 2.29. The first-order valence-electron chi connectivity index (χ1n) is 7.66. The summed E-state index contributed by atoms with van der Waals surface area (Å²) in [6, 6.07) is 9.81. The Morgan fingerprint density at radius 2 is 1.90 bits per heavy atom. The maximum Gasteiger partial charge on any atom is 0.132 e. The van der Waals surface area contributed by atoms with Crippen LogP contribution in [0.2, 0.25) is 0 Å². The summed E-state index contributed by atoms with van der Waals surface area (Å²) in [7, 11) is 0. The number of anilines is 1. The average molecular weight is 286 g/mol. The van der Waals surface area contributed by atoms with Crippen LogP contribution in [0.3, 0.4) is 0 Å². The predicted molar refractivity (Wildman–Crippen MR) is 84.2 cm³/mol. The lowest BCUT2D eigenvalue weighted by atomic mass is 9.85.